The molecule has 2 aliphatic rings. The first-order valence-corrected chi connectivity index (χ1v) is 9.65. The number of rotatable bonds is 3. The second-order valence-electron chi connectivity index (χ2n) is 7.10. The molecule has 1 saturated heterocycles. The molecule has 4 rings (SSSR count). The SMILES string of the molecule is O=C(OCc1ccccc1)N1C2C=C(c3cccc(Cl)c3F)CC1CCC2. The molecule has 2 atom stereocenters. The summed E-state index contributed by atoms with van der Waals surface area (Å²) in [6, 6.07) is 14.7. The summed E-state index contributed by atoms with van der Waals surface area (Å²) in [4.78, 5) is 14.6. The first-order chi connectivity index (χ1) is 13.1. The van der Waals surface area contributed by atoms with Gasteiger partial charge >= 0.3 is 6.09 Å². The Labute approximate surface area is 163 Å². The molecule has 1 fully saturated rings. The van der Waals surface area contributed by atoms with Gasteiger partial charge in [0.1, 0.15) is 12.4 Å². The quantitative estimate of drug-likeness (QED) is 0.665. The topological polar surface area (TPSA) is 29.5 Å². The number of amides is 1. The molecule has 2 unspecified atom stereocenters. The van der Waals surface area contributed by atoms with E-state index < -0.39 is 0 Å². The fourth-order valence-electron chi connectivity index (χ4n) is 4.06. The molecule has 0 aliphatic carbocycles. The summed E-state index contributed by atoms with van der Waals surface area (Å²) in [5.74, 6) is -0.386. The van der Waals surface area contributed by atoms with Crippen molar-refractivity contribution in [3.8, 4) is 0 Å². The van der Waals surface area contributed by atoms with E-state index in [1.807, 2.05) is 41.3 Å². The number of carbonyl (C=O) groups excluding carboxylic acids is 1. The molecule has 2 aliphatic heterocycles. The minimum absolute atomic E-state index is 0.0328. The summed E-state index contributed by atoms with van der Waals surface area (Å²) >= 11 is 5.95. The summed E-state index contributed by atoms with van der Waals surface area (Å²) in [7, 11) is 0. The lowest BCUT2D eigenvalue weighted by molar-refractivity contribution is 0.0510. The van der Waals surface area contributed by atoms with Crippen LogP contribution in [0.2, 0.25) is 5.02 Å². The summed E-state index contributed by atoms with van der Waals surface area (Å²) in [5, 5.41) is 0.128. The maximum atomic E-state index is 14.4. The largest absolute Gasteiger partial charge is 0.445 e. The van der Waals surface area contributed by atoms with E-state index in [-0.39, 0.29) is 35.6 Å². The molecule has 0 saturated carbocycles. The summed E-state index contributed by atoms with van der Waals surface area (Å²) in [6.45, 7) is 0.259. The van der Waals surface area contributed by atoms with Gasteiger partial charge in [-0.2, -0.15) is 0 Å². The van der Waals surface area contributed by atoms with Crippen LogP contribution in [0.25, 0.3) is 5.57 Å². The first-order valence-electron chi connectivity index (χ1n) is 9.27. The van der Waals surface area contributed by atoms with E-state index in [0.29, 0.717) is 12.0 Å². The van der Waals surface area contributed by atoms with Crippen LogP contribution in [-0.2, 0) is 11.3 Å². The highest BCUT2D eigenvalue weighted by atomic mass is 35.5. The third kappa shape index (κ3) is 3.72. The summed E-state index contributed by atoms with van der Waals surface area (Å²) in [6.07, 6.45) is 5.15. The van der Waals surface area contributed by atoms with Gasteiger partial charge in [-0.05, 0) is 42.9 Å². The zero-order valence-corrected chi connectivity index (χ0v) is 15.7. The van der Waals surface area contributed by atoms with Gasteiger partial charge in [0.05, 0.1) is 11.1 Å². The van der Waals surface area contributed by atoms with Gasteiger partial charge in [-0.25, -0.2) is 9.18 Å². The van der Waals surface area contributed by atoms with Crippen molar-refractivity contribution in [3.63, 3.8) is 0 Å². The van der Waals surface area contributed by atoms with Crippen molar-refractivity contribution >= 4 is 23.3 Å². The number of hydrogen-bond donors (Lipinski definition) is 0. The minimum atomic E-state index is -0.386. The number of carbonyl (C=O) groups is 1. The zero-order chi connectivity index (χ0) is 18.8. The second-order valence-corrected chi connectivity index (χ2v) is 7.50. The highest BCUT2D eigenvalue weighted by molar-refractivity contribution is 6.30. The molecule has 140 valence electrons. The molecule has 2 aromatic rings. The zero-order valence-electron chi connectivity index (χ0n) is 14.9. The number of fused-ring (bicyclic) bond motifs is 2. The van der Waals surface area contributed by atoms with Gasteiger partial charge < -0.3 is 4.74 Å². The van der Waals surface area contributed by atoms with E-state index in [0.717, 1.165) is 30.4 Å². The van der Waals surface area contributed by atoms with E-state index >= 15 is 0 Å². The molecular weight excluding hydrogens is 365 g/mol. The summed E-state index contributed by atoms with van der Waals surface area (Å²) in [5.41, 5.74) is 2.43. The van der Waals surface area contributed by atoms with Crippen molar-refractivity contribution in [3.05, 3.63) is 76.6 Å². The number of ether oxygens (including phenoxy) is 1. The third-order valence-electron chi connectivity index (χ3n) is 5.35. The molecule has 5 heteroatoms. The molecule has 3 nitrogen and oxygen atoms in total. The van der Waals surface area contributed by atoms with Crippen LogP contribution in [-0.4, -0.2) is 23.1 Å². The van der Waals surface area contributed by atoms with E-state index in [1.165, 1.54) is 0 Å². The van der Waals surface area contributed by atoms with Gasteiger partial charge in [0.25, 0.3) is 0 Å². The van der Waals surface area contributed by atoms with Crippen molar-refractivity contribution in [2.45, 2.75) is 44.4 Å². The fraction of sp³-hybridized carbons (Fsp3) is 0.318. The lowest BCUT2D eigenvalue weighted by atomic mass is 9.83. The van der Waals surface area contributed by atoms with E-state index in [1.54, 1.807) is 18.2 Å². The Balaban J connectivity index is 1.53. The monoisotopic (exact) mass is 385 g/mol. The molecule has 2 heterocycles. The van der Waals surface area contributed by atoms with Crippen molar-refractivity contribution in [1.82, 2.24) is 4.90 Å². The Bertz CT molecular complexity index is 868. The molecule has 27 heavy (non-hydrogen) atoms. The van der Waals surface area contributed by atoms with Gasteiger partial charge in [-0.3, -0.25) is 4.90 Å². The van der Waals surface area contributed by atoms with Crippen LogP contribution in [0.5, 0.6) is 0 Å². The van der Waals surface area contributed by atoms with Crippen LogP contribution < -0.4 is 0 Å². The normalized spacial score (nSPS) is 21.6. The molecule has 1 amide bonds. The van der Waals surface area contributed by atoms with Crippen molar-refractivity contribution in [1.29, 1.82) is 0 Å². The van der Waals surface area contributed by atoms with Crippen LogP contribution in [0.4, 0.5) is 9.18 Å². The van der Waals surface area contributed by atoms with Gasteiger partial charge in [0.2, 0.25) is 0 Å². The Morgan fingerprint density at radius 1 is 1.15 bits per heavy atom. The van der Waals surface area contributed by atoms with E-state index in [9.17, 15) is 9.18 Å². The molecule has 0 radical (unpaired) electrons. The van der Waals surface area contributed by atoms with Crippen LogP contribution >= 0.6 is 11.6 Å². The van der Waals surface area contributed by atoms with Crippen LogP contribution in [0, 0.1) is 5.82 Å². The maximum absolute atomic E-state index is 14.4. The number of nitrogens with zero attached hydrogens (tertiary/aromatic N) is 1. The van der Waals surface area contributed by atoms with Gasteiger partial charge in [0, 0.05) is 11.6 Å². The Hall–Kier alpha value is -2.33. The van der Waals surface area contributed by atoms with Gasteiger partial charge in [0.15, 0.2) is 0 Å². The highest BCUT2D eigenvalue weighted by Gasteiger charge is 2.38. The van der Waals surface area contributed by atoms with Gasteiger partial charge in [-0.1, -0.05) is 60.1 Å². The number of piperidine rings is 1. The Morgan fingerprint density at radius 3 is 2.74 bits per heavy atom. The van der Waals surface area contributed by atoms with Gasteiger partial charge in [-0.15, -0.1) is 0 Å². The standard InChI is InChI=1S/C22H21ClFNO2/c23-20-11-5-10-19(21(20)24)16-12-17-8-4-9-18(13-16)25(17)22(26)27-14-15-6-2-1-3-7-15/h1-3,5-7,10-12,17-18H,4,8-9,13-14H2. The van der Waals surface area contributed by atoms with Crippen LogP contribution in [0.15, 0.2) is 54.6 Å². The van der Waals surface area contributed by atoms with E-state index in [2.05, 4.69) is 0 Å². The lowest BCUT2D eigenvalue weighted by Gasteiger charge is -2.44. The van der Waals surface area contributed by atoms with Crippen LogP contribution in [0.1, 0.15) is 36.8 Å². The fourth-order valence-corrected chi connectivity index (χ4v) is 4.23. The first kappa shape index (κ1) is 18.1. The maximum Gasteiger partial charge on any atom is 0.410 e. The second kappa shape index (κ2) is 7.73. The molecular formula is C22H21ClFNO2. The molecule has 2 aromatic carbocycles. The minimum Gasteiger partial charge on any atom is -0.445 e. The molecule has 0 aromatic heterocycles. The molecule has 2 bridgehead atoms. The Kier molecular flexibility index (Phi) is 5.17. The number of halogens is 2. The average molecular weight is 386 g/mol. The number of benzene rings is 2. The van der Waals surface area contributed by atoms with Crippen LogP contribution in [0.3, 0.4) is 0 Å². The van der Waals surface area contributed by atoms with Crippen molar-refractivity contribution in [2.75, 3.05) is 0 Å². The number of hydrogen-bond acceptors (Lipinski definition) is 2. The third-order valence-corrected chi connectivity index (χ3v) is 5.64. The van der Waals surface area contributed by atoms with E-state index in [4.69, 9.17) is 16.3 Å². The molecule has 0 spiro atoms. The highest BCUT2D eigenvalue weighted by Crippen LogP contribution is 2.39. The summed E-state index contributed by atoms with van der Waals surface area (Å²) < 4.78 is 20.0. The van der Waals surface area contributed by atoms with Crippen molar-refractivity contribution < 1.29 is 13.9 Å². The predicted molar refractivity (Wildman–Crippen MR) is 104 cm³/mol. The Morgan fingerprint density at radius 2 is 1.96 bits per heavy atom. The van der Waals surface area contributed by atoms with Crippen molar-refractivity contribution in [2.24, 2.45) is 0 Å². The predicted octanol–water partition coefficient (Wildman–Crippen LogP) is 5.83. The lowest BCUT2D eigenvalue weighted by Crippen LogP contribution is -2.51. The average Bonchev–Trinajstić information content (AvgIpc) is 2.68. The molecule has 0 N–H and O–H groups in total. The smallest absolute Gasteiger partial charge is 0.410 e.